The summed E-state index contributed by atoms with van der Waals surface area (Å²) in [5.74, 6) is -0.179. The van der Waals surface area contributed by atoms with E-state index in [9.17, 15) is 13.2 Å². The highest BCUT2D eigenvalue weighted by molar-refractivity contribution is 7.90. The largest absolute Gasteiger partial charge is 0.311 e. The van der Waals surface area contributed by atoms with Gasteiger partial charge in [0.25, 0.3) is 0 Å². The molecule has 114 valence electrons. The Labute approximate surface area is 125 Å². The molecule has 0 aromatic heterocycles. The average molecular weight is 308 g/mol. The number of sulfonamides is 1. The molecule has 1 aromatic carbocycles. The third-order valence-electron chi connectivity index (χ3n) is 4.35. The molecule has 6 heteroatoms. The van der Waals surface area contributed by atoms with Crippen LogP contribution in [0.1, 0.15) is 31.2 Å². The summed E-state index contributed by atoms with van der Waals surface area (Å²) in [5, 5.41) is -0.323. The van der Waals surface area contributed by atoms with Crippen LogP contribution in [0.15, 0.2) is 24.3 Å². The van der Waals surface area contributed by atoms with Gasteiger partial charge in [0.2, 0.25) is 15.9 Å². The SMILES string of the molecule is O=C(CNS(=O)(=O)C1CCCC1)N1CCc2ccccc21. The number of anilines is 1. The standard InChI is InChI=1S/C15H20N2O3S/c18-15(11-16-21(19,20)13-6-2-3-7-13)17-10-9-12-5-1-4-8-14(12)17/h1,4-5,8,13,16H,2-3,6-7,9-11H2. The van der Waals surface area contributed by atoms with Gasteiger partial charge in [0, 0.05) is 12.2 Å². The highest BCUT2D eigenvalue weighted by atomic mass is 32.2. The van der Waals surface area contributed by atoms with Crippen molar-refractivity contribution in [1.29, 1.82) is 0 Å². The highest BCUT2D eigenvalue weighted by Crippen LogP contribution is 2.27. The monoisotopic (exact) mass is 308 g/mol. The minimum atomic E-state index is -3.36. The lowest BCUT2D eigenvalue weighted by Gasteiger charge is -2.18. The fourth-order valence-electron chi connectivity index (χ4n) is 3.17. The first kappa shape index (κ1) is 14.5. The topological polar surface area (TPSA) is 66.5 Å². The van der Waals surface area contributed by atoms with Gasteiger partial charge in [-0.1, -0.05) is 31.0 Å². The number of amides is 1. The average Bonchev–Trinajstić information content (AvgIpc) is 3.14. The summed E-state index contributed by atoms with van der Waals surface area (Å²) in [7, 11) is -3.36. The van der Waals surface area contributed by atoms with Crippen LogP contribution in [-0.2, 0) is 21.2 Å². The number of carbonyl (C=O) groups is 1. The van der Waals surface area contributed by atoms with Crippen LogP contribution >= 0.6 is 0 Å². The molecular formula is C15H20N2O3S. The van der Waals surface area contributed by atoms with E-state index in [1.807, 2.05) is 24.3 Å². The minimum absolute atomic E-state index is 0.146. The van der Waals surface area contributed by atoms with Crippen LogP contribution < -0.4 is 9.62 Å². The van der Waals surface area contributed by atoms with Gasteiger partial charge in [0.1, 0.15) is 0 Å². The van der Waals surface area contributed by atoms with Gasteiger partial charge in [0.05, 0.1) is 11.8 Å². The first-order valence-corrected chi connectivity index (χ1v) is 8.99. The van der Waals surface area contributed by atoms with Crippen LogP contribution in [0.2, 0.25) is 0 Å². The number of fused-ring (bicyclic) bond motifs is 1. The summed E-state index contributed by atoms with van der Waals surface area (Å²) in [4.78, 5) is 13.9. The molecule has 0 radical (unpaired) electrons. The normalized spacial score (nSPS) is 19.0. The summed E-state index contributed by atoms with van der Waals surface area (Å²) in [5.41, 5.74) is 2.05. The Kier molecular flexibility index (Phi) is 3.99. The van der Waals surface area contributed by atoms with E-state index in [-0.39, 0.29) is 17.7 Å². The number of rotatable bonds is 4. The van der Waals surface area contributed by atoms with Crippen LogP contribution in [0, 0.1) is 0 Å². The summed E-state index contributed by atoms with van der Waals surface area (Å²) in [6, 6.07) is 7.76. The molecule has 1 saturated carbocycles. The molecule has 1 amide bonds. The molecule has 0 saturated heterocycles. The van der Waals surface area contributed by atoms with E-state index in [0.717, 1.165) is 30.5 Å². The Bertz CT molecular complexity index is 636. The number of benzene rings is 1. The Morgan fingerprint density at radius 3 is 2.71 bits per heavy atom. The molecule has 0 unspecified atom stereocenters. The second-order valence-electron chi connectivity index (χ2n) is 5.70. The first-order valence-electron chi connectivity index (χ1n) is 7.45. The Balaban J connectivity index is 1.63. The Morgan fingerprint density at radius 1 is 1.24 bits per heavy atom. The van der Waals surface area contributed by atoms with Gasteiger partial charge in [-0.3, -0.25) is 4.79 Å². The number of carbonyl (C=O) groups excluding carboxylic acids is 1. The Hall–Kier alpha value is -1.40. The molecule has 1 N–H and O–H groups in total. The van der Waals surface area contributed by atoms with Gasteiger partial charge in [-0.25, -0.2) is 13.1 Å². The smallest absolute Gasteiger partial charge is 0.242 e. The minimum Gasteiger partial charge on any atom is -0.311 e. The number of nitrogens with zero attached hydrogens (tertiary/aromatic N) is 1. The van der Waals surface area contributed by atoms with Crippen LogP contribution in [0.25, 0.3) is 0 Å². The molecule has 21 heavy (non-hydrogen) atoms. The molecular weight excluding hydrogens is 288 g/mol. The number of hydrogen-bond acceptors (Lipinski definition) is 3. The van der Waals surface area contributed by atoms with Crippen LogP contribution in [0.3, 0.4) is 0 Å². The second-order valence-corrected chi connectivity index (χ2v) is 7.74. The third kappa shape index (κ3) is 2.96. The van der Waals surface area contributed by atoms with E-state index in [2.05, 4.69) is 4.72 Å². The predicted octanol–water partition coefficient (Wildman–Crippen LogP) is 1.44. The van der Waals surface area contributed by atoms with Crippen LogP contribution in [-0.4, -0.2) is 32.7 Å². The van der Waals surface area contributed by atoms with Crippen molar-refractivity contribution in [1.82, 2.24) is 4.72 Å². The molecule has 0 atom stereocenters. The quantitative estimate of drug-likeness (QED) is 0.915. The molecule has 1 fully saturated rings. The van der Waals surface area contributed by atoms with Crippen molar-refractivity contribution < 1.29 is 13.2 Å². The van der Waals surface area contributed by atoms with Crippen molar-refractivity contribution in [2.45, 2.75) is 37.4 Å². The number of para-hydroxylation sites is 1. The highest BCUT2D eigenvalue weighted by Gasteiger charge is 2.30. The molecule has 2 aliphatic rings. The van der Waals surface area contributed by atoms with E-state index in [1.54, 1.807) is 4.90 Å². The molecule has 5 nitrogen and oxygen atoms in total. The zero-order chi connectivity index (χ0) is 14.9. The van der Waals surface area contributed by atoms with Gasteiger partial charge >= 0.3 is 0 Å². The van der Waals surface area contributed by atoms with Crippen LogP contribution in [0.4, 0.5) is 5.69 Å². The lowest BCUT2D eigenvalue weighted by Crippen LogP contribution is -2.42. The van der Waals surface area contributed by atoms with Crippen molar-refractivity contribution in [3.63, 3.8) is 0 Å². The fraction of sp³-hybridized carbons (Fsp3) is 0.533. The van der Waals surface area contributed by atoms with Gasteiger partial charge in [0.15, 0.2) is 0 Å². The summed E-state index contributed by atoms with van der Waals surface area (Å²) >= 11 is 0. The van der Waals surface area contributed by atoms with Crippen molar-refractivity contribution in [3.8, 4) is 0 Å². The third-order valence-corrected chi connectivity index (χ3v) is 6.25. The van der Waals surface area contributed by atoms with Crippen molar-refractivity contribution >= 4 is 21.6 Å². The van der Waals surface area contributed by atoms with E-state index < -0.39 is 10.0 Å². The second kappa shape index (κ2) is 5.77. The zero-order valence-electron chi connectivity index (χ0n) is 11.9. The van der Waals surface area contributed by atoms with Crippen molar-refractivity contribution in [2.24, 2.45) is 0 Å². The van der Waals surface area contributed by atoms with Gasteiger partial charge in [-0.2, -0.15) is 0 Å². The lowest BCUT2D eigenvalue weighted by molar-refractivity contribution is -0.117. The summed E-state index contributed by atoms with van der Waals surface area (Å²) in [6.45, 7) is 0.483. The zero-order valence-corrected chi connectivity index (χ0v) is 12.7. The molecule has 0 bridgehead atoms. The maximum absolute atomic E-state index is 12.3. The summed E-state index contributed by atoms with van der Waals surface area (Å²) in [6.07, 6.45) is 4.15. The maximum Gasteiger partial charge on any atom is 0.242 e. The first-order chi connectivity index (χ1) is 10.1. The molecule has 1 aromatic rings. The molecule has 3 rings (SSSR count). The fourth-order valence-corrected chi connectivity index (χ4v) is 4.69. The van der Waals surface area contributed by atoms with E-state index in [0.29, 0.717) is 19.4 Å². The molecule has 1 aliphatic heterocycles. The molecule has 1 heterocycles. The van der Waals surface area contributed by atoms with Gasteiger partial charge < -0.3 is 4.90 Å². The predicted molar refractivity (Wildman–Crippen MR) is 81.7 cm³/mol. The van der Waals surface area contributed by atoms with Crippen LogP contribution in [0.5, 0.6) is 0 Å². The number of hydrogen-bond donors (Lipinski definition) is 1. The van der Waals surface area contributed by atoms with E-state index in [4.69, 9.17) is 0 Å². The summed E-state index contributed by atoms with van der Waals surface area (Å²) < 4.78 is 26.7. The molecule has 0 spiro atoms. The molecule has 1 aliphatic carbocycles. The van der Waals surface area contributed by atoms with Gasteiger partial charge in [-0.05, 0) is 30.9 Å². The number of nitrogens with one attached hydrogen (secondary N) is 1. The maximum atomic E-state index is 12.3. The van der Waals surface area contributed by atoms with E-state index >= 15 is 0 Å². The van der Waals surface area contributed by atoms with E-state index in [1.165, 1.54) is 0 Å². The van der Waals surface area contributed by atoms with Crippen molar-refractivity contribution in [3.05, 3.63) is 29.8 Å². The van der Waals surface area contributed by atoms with Gasteiger partial charge in [-0.15, -0.1) is 0 Å². The Morgan fingerprint density at radius 2 is 1.95 bits per heavy atom. The lowest BCUT2D eigenvalue weighted by atomic mass is 10.2. The van der Waals surface area contributed by atoms with Crippen molar-refractivity contribution in [2.75, 3.05) is 18.0 Å².